The molecule has 0 aliphatic heterocycles. The van der Waals surface area contributed by atoms with E-state index >= 15 is 0 Å². The molecule has 34 heavy (non-hydrogen) atoms. The Labute approximate surface area is 202 Å². The number of nitrogens with one attached hydrogen (secondary N) is 2. The number of amides is 1. The largest absolute Gasteiger partial charge is 0.497 e. The van der Waals surface area contributed by atoms with E-state index in [1.54, 1.807) is 7.11 Å². The molecule has 0 unspecified atom stereocenters. The molecule has 2 aromatic heterocycles. The van der Waals surface area contributed by atoms with Crippen molar-refractivity contribution < 1.29 is 9.53 Å². The van der Waals surface area contributed by atoms with Crippen LogP contribution in [0.1, 0.15) is 37.3 Å². The van der Waals surface area contributed by atoms with Crippen LogP contribution in [0.2, 0.25) is 0 Å². The number of ether oxygens (including phenoxy) is 1. The van der Waals surface area contributed by atoms with Crippen LogP contribution >= 0.6 is 11.8 Å². The normalized spacial score (nSPS) is 13.8. The number of hydrogen-bond donors (Lipinski definition) is 2. The Bertz CT molecular complexity index is 1250. The Morgan fingerprint density at radius 1 is 1.15 bits per heavy atom. The van der Waals surface area contributed by atoms with Gasteiger partial charge < -0.3 is 10.1 Å². The first-order chi connectivity index (χ1) is 16.7. The summed E-state index contributed by atoms with van der Waals surface area (Å²) in [5, 5.41) is 15.6. The number of thioether (sulfide) groups is 1. The van der Waals surface area contributed by atoms with E-state index in [0.717, 1.165) is 35.5 Å². The highest BCUT2D eigenvalue weighted by atomic mass is 32.2. The van der Waals surface area contributed by atoms with Gasteiger partial charge in [-0.2, -0.15) is 5.10 Å². The molecule has 1 aliphatic rings. The summed E-state index contributed by atoms with van der Waals surface area (Å²) in [5.41, 5.74) is 2.87. The minimum absolute atomic E-state index is 0.129. The summed E-state index contributed by atoms with van der Waals surface area (Å²) in [6, 6.07) is 19.5. The second kappa shape index (κ2) is 10.1. The molecule has 1 aliphatic carbocycles. The van der Waals surface area contributed by atoms with Gasteiger partial charge in [0.25, 0.3) is 0 Å². The van der Waals surface area contributed by atoms with Crippen molar-refractivity contribution in [1.29, 1.82) is 0 Å². The molecule has 1 fully saturated rings. The maximum Gasteiger partial charge on any atom is 0.236 e. The van der Waals surface area contributed by atoms with Gasteiger partial charge in [-0.1, -0.05) is 42.8 Å². The highest BCUT2D eigenvalue weighted by Crippen LogP contribution is 2.35. The molecule has 8 nitrogen and oxygen atoms in total. The van der Waals surface area contributed by atoms with E-state index in [2.05, 4.69) is 20.5 Å². The van der Waals surface area contributed by atoms with E-state index in [1.165, 1.54) is 24.6 Å². The zero-order valence-electron chi connectivity index (χ0n) is 18.9. The zero-order valence-corrected chi connectivity index (χ0v) is 19.7. The maximum absolute atomic E-state index is 12.8. The second-order valence-corrected chi connectivity index (χ2v) is 9.16. The molecule has 0 spiro atoms. The fourth-order valence-corrected chi connectivity index (χ4v) is 4.77. The molecule has 2 N–H and O–H groups in total. The number of methoxy groups -OCH3 is 1. The Hall–Kier alpha value is -3.59. The molecule has 0 bridgehead atoms. The Balaban J connectivity index is 1.26. The predicted molar refractivity (Wildman–Crippen MR) is 132 cm³/mol. The fraction of sp³-hybridized carbons (Fsp3) is 0.280. The topological polar surface area (TPSA) is 97.7 Å². The average molecular weight is 475 g/mol. The van der Waals surface area contributed by atoms with Crippen LogP contribution in [0.3, 0.4) is 0 Å². The number of rotatable bonds is 8. The lowest BCUT2D eigenvalue weighted by Crippen LogP contribution is -2.17. The van der Waals surface area contributed by atoms with Crippen molar-refractivity contribution in [2.24, 2.45) is 0 Å². The van der Waals surface area contributed by atoms with E-state index in [-0.39, 0.29) is 11.7 Å². The Morgan fingerprint density at radius 2 is 1.91 bits per heavy atom. The van der Waals surface area contributed by atoms with E-state index < -0.39 is 0 Å². The number of aromatic nitrogens is 5. The van der Waals surface area contributed by atoms with Crippen molar-refractivity contribution in [1.82, 2.24) is 25.0 Å². The van der Waals surface area contributed by atoms with Crippen molar-refractivity contribution in [3.63, 3.8) is 0 Å². The number of hydrogen-bond acceptors (Lipinski definition) is 6. The van der Waals surface area contributed by atoms with Gasteiger partial charge in [0.05, 0.1) is 24.2 Å². The minimum Gasteiger partial charge on any atom is -0.497 e. The van der Waals surface area contributed by atoms with Crippen molar-refractivity contribution in [3.8, 4) is 22.8 Å². The molecule has 2 aromatic carbocycles. The first-order valence-corrected chi connectivity index (χ1v) is 12.3. The van der Waals surface area contributed by atoms with Crippen LogP contribution in [0.5, 0.6) is 5.75 Å². The van der Waals surface area contributed by atoms with Crippen LogP contribution in [0.4, 0.5) is 5.82 Å². The molecule has 9 heteroatoms. The van der Waals surface area contributed by atoms with E-state index in [4.69, 9.17) is 9.84 Å². The van der Waals surface area contributed by atoms with Gasteiger partial charge in [-0.05, 0) is 49.2 Å². The average Bonchev–Trinajstić information content (AvgIpc) is 3.64. The van der Waals surface area contributed by atoms with Crippen LogP contribution in [-0.2, 0) is 4.79 Å². The lowest BCUT2D eigenvalue weighted by molar-refractivity contribution is -0.113. The first-order valence-electron chi connectivity index (χ1n) is 11.3. The molecule has 174 valence electrons. The summed E-state index contributed by atoms with van der Waals surface area (Å²) in [4.78, 5) is 17.3. The van der Waals surface area contributed by atoms with Crippen LogP contribution in [0.15, 0.2) is 65.8 Å². The number of benzene rings is 2. The molecular formula is C25H26N6O2S. The smallest absolute Gasteiger partial charge is 0.236 e. The zero-order chi connectivity index (χ0) is 23.3. The standard InChI is InChI=1S/C25H26N6O2S/c1-33-20-13-11-18(12-14-20)24-27-25(29-28-24)34-16-23(32)26-22-15-21(17-7-5-6-8-17)30-31(22)19-9-3-2-4-10-19/h2-4,9-15,17H,5-8,16H2,1H3,(H,26,32)(H,27,28,29). The summed E-state index contributed by atoms with van der Waals surface area (Å²) < 4.78 is 7.01. The highest BCUT2D eigenvalue weighted by Gasteiger charge is 2.22. The third-order valence-electron chi connectivity index (χ3n) is 5.93. The van der Waals surface area contributed by atoms with E-state index in [1.807, 2.05) is 65.3 Å². The van der Waals surface area contributed by atoms with Gasteiger partial charge in [0, 0.05) is 17.5 Å². The van der Waals surface area contributed by atoms with Gasteiger partial charge in [0.2, 0.25) is 11.1 Å². The molecule has 1 saturated carbocycles. The minimum atomic E-state index is -0.129. The van der Waals surface area contributed by atoms with E-state index in [0.29, 0.717) is 22.7 Å². The fourth-order valence-electron chi connectivity index (χ4n) is 4.17. The lowest BCUT2D eigenvalue weighted by atomic mass is 10.0. The molecule has 1 amide bonds. The van der Waals surface area contributed by atoms with Gasteiger partial charge in [-0.15, -0.1) is 5.10 Å². The molecule has 2 heterocycles. The quantitative estimate of drug-likeness (QED) is 0.347. The van der Waals surface area contributed by atoms with Gasteiger partial charge in [-0.3, -0.25) is 9.89 Å². The number of H-pyrrole nitrogens is 1. The van der Waals surface area contributed by atoms with Crippen LogP contribution < -0.4 is 10.1 Å². The third kappa shape index (κ3) is 4.99. The molecule has 0 saturated heterocycles. The third-order valence-corrected chi connectivity index (χ3v) is 6.78. The number of carbonyl (C=O) groups excluding carboxylic acids is 1. The SMILES string of the molecule is COc1ccc(-c2nc(SCC(=O)Nc3cc(C4CCCC4)nn3-c3ccccc3)n[nH]2)cc1. The molecular weight excluding hydrogens is 448 g/mol. The predicted octanol–water partition coefficient (Wildman–Crippen LogP) is 5.05. The van der Waals surface area contributed by atoms with Gasteiger partial charge in [-0.25, -0.2) is 9.67 Å². The monoisotopic (exact) mass is 474 g/mol. The Kier molecular flexibility index (Phi) is 6.62. The summed E-state index contributed by atoms with van der Waals surface area (Å²) in [7, 11) is 1.63. The number of nitrogens with zero attached hydrogens (tertiary/aromatic N) is 4. The van der Waals surface area contributed by atoms with E-state index in [9.17, 15) is 4.79 Å². The first kappa shape index (κ1) is 22.2. The number of aromatic amines is 1. The molecule has 4 aromatic rings. The molecule has 0 radical (unpaired) electrons. The van der Waals surface area contributed by atoms with Crippen LogP contribution in [-0.4, -0.2) is 43.7 Å². The summed E-state index contributed by atoms with van der Waals surface area (Å²) in [6.07, 6.45) is 4.76. The number of anilines is 1. The second-order valence-electron chi connectivity index (χ2n) is 8.22. The number of carbonyl (C=O) groups is 1. The van der Waals surface area contributed by atoms with Gasteiger partial charge in [0.15, 0.2) is 5.82 Å². The summed E-state index contributed by atoms with van der Waals surface area (Å²) in [5.74, 6) is 2.64. The number of para-hydroxylation sites is 1. The molecule has 0 atom stereocenters. The maximum atomic E-state index is 12.8. The summed E-state index contributed by atoms with van der Waals surface area (Å²) >= 11 is 1.28. The summed E-state index contributed by atoms with van der Waals surface area (Å²) in [6.45, 7) is 0. The van der Waals surface area contributed by atoms with Gasteiger partial charge in [0.1, 0.15) is 11.6 Å². The Morgan fingerprint density at radius 3 is 2.65 bits per heavy atom. The highest BCUT2D eigenvalue weighted by molar-refractivity contribution is 7.99. The molecule has 5 rings (SSSR count). The van der Waals surface area contributed by atoms with Crippen molar-refractivity contribution >= 4 is 23.5 Å². The van der Waals surface area contributed by atoms with Crippen molar-refractivity contribution in [2.45, 2.75) is 36.8 Å². The van der Waals surface area contributed by atoms with Crippen molar-refractivity contribution in [2.75, 3.05) is 18.2 Å². The lowest BCUT2D eigenvalue weighted by Gasteiger charge is -2.08. The van der Waals surface area contributed by atoms with Crippen LogP contribution in [0, 0.1) is 0 Å². The van der Waals surface area contributed by atoms with Crippen LogP contribution in [0.25, 0.3) is 17.1 Å². The van der Waals surface area contributed by atoms with Crippen molar-refractivity contribution in [3.05, 3.63) is 66.4 Å². The van der Waals surface area contributed by atoms with Gasteiger partial charge >= 0.3 is 0 Å².